The summed E-state index contributed by atoms with van der Waals surface area (Å²) in [5, 5.41) is 4.37. The molecular weight excluding hydrogens is 475 g/mol. The lowest BCUT2D eigenvalue weighted by atomic mass is 9.96. The highest BCUT2D eigenvalue weighted by atomic mass is 19.4. The highest BCUT2D eigenvalue weighted by Crippen LogP contribution is 2.34. The Labute approximate surface area is 207 Å². The van der Waals surface area contributed by atoms with Crippen molar-refractivity contribution in [3.8, 4) is 11.3 Å². The van der Waals surface area contributed by atoms with Crippen LogP contribution >= 0.6 is 0 Å². The van der Waals surface area contributed by atoms with Crippen LogP contribution in [0.1, 0.15) is 33.1 Å². The van der Waals surface area contributed by atoms with Crippen molar-refractivity contribution in [3.63, 3.8) is 0 Å². The van der Waals surface area contributed by atoms with E-state index in [1.165, 1.54) is 22.7 Å². The third-order valence-electron chi connectivity index (χ3n) is 6.04. The largest absolute Gasteiger partial charge is 0.412 e. The molecule has 0 fully saturated rings. The zero-order chi connectivity index (χ0) is 25.8. The summed E-state index contributed by atoms with van der Waals surface area (Å²) in [5.74, 6) is -2.40. The van der Waals surface area contributed by atoms with E-state index in [-0.39, 0.29) is 22.1 Å². The number of benzene rings is 1. The first-order valence-electron chi connectivity index (χ1n) is 11.5. The van der Waals surface area contributed by atoms with E-state index in [4.69, 9.17) is 0 Å². The van der Waals surface area contributed by atoms with Gasteiger partial charge < -0.3 is 10.4 Å². The van der Waals surface area contributed by atoms with Crippen LogP contribution < -0.4 is 5.56 Å². The molecular formula is C25H32F3N5O3. The first-order chi connectivity index (χ1) is 16.5. The number of halogens is 3. The highest BCUT2D eigenvalue weighted by Gasteiger charge is 2.41. The van der Waals surface area contributed by atoms with E-state index in [9.17, 15) is 22.8 Å². The molecule has 2 aromatic heterocycles. The maximum atomic E-state index is 13.2. The molecule has 196 valence electrons. The standard InChI is InChI=1S/C25H30F3N5O2.H2O/c1-5-32(20(34)15-19(17(2)3)25(26,27)28)13-9-10-14-33-16-29-21-22(24(33)35)30-31(4)23(21)18-11-7-6-8-12-18;/h6-8,11-12,16,19H,2,5,9-10,13-15H2,1,3-4H3;1H2/t19-;/m1./s1. The lowest BCUT2D eigenvalue weighted by molar-refractivity contribution is -0.171. The number of carbonyl (C=O) groups excluding carboxylic acids is 1. The summed E-state index contributed by atoms with van der Waals surface area (Å²) in [6.45, 7) is 7.38. The Balaban J connectivity index is 0.00000456. The van der Waals surface area contributed by atoms with Crippen molar-refractivity contribution in [2.75, 3.05) is 13.1 Å². The molecule has 2 heterocycles. The number of alkyl halides is 3. The van der Waals surface area contributed by atoms with Crippen LogP contribution in [0.5, 0.6) is 0 Å². The van der Waals surface area contributed by atoms with E-state index >= 15 is 0 Å². The van der Waals surface area contributed by atoms with E-state index in [2.05, 4.69) is 16.7 Å². The highest BCUT2D eigenvalue weighted by molar-refractivity contribution is 5.89. The van der Waals surface area contributed by atoms with Gasteiger partial charge in [-0.05, 0) is 26.7 Å². The third-order valence-corrected chi connectivity index (χ3v) is 6.04. The van der Waals surface area contributed by atoms with Crippen molar-refractivity contribution in [1.82, 2.24) is 24.2 Å². The van der Waals surface area contributed by atoms with Crippen LogP contribution in [-0.2, 0) is 18.4 Å². The average molecular weight is 508 g/mol. The SMILES string of the molecule is C=C(C)[C@@H](CC(=O)N(CC)CCCCn1cnc2c(-c3ccccc3)n(C)nc2c1=O)C(F)(F)F.O. The van der Waals surface area contributed by atoms with Gasteiger partial charge in [-0.3, -0.25) is 18.8 Å². The van der Waals surface area contributed by atoms with Gasteiger partial charge >= 0.3 is 6.18 Å². The minimum absolute atomic E-state index is 0. The van der Waals surface area contributed by atoms with Crippen LogP contribution in [0.3, 0.4) is 0 Å². The molecule has 0 radical (unpaired) electrons. The summed E-state index contributed by atoms with van der Waals surface area (Å²) >= 11 is 0. The molecule has 0 saturated heterocycles. The second kappa shape index (κ2) is 12.0. The van der Waals surface area contributed by atoms with Gasteiger partial charge in [-0.25, -0.2) is 4.98 Å². The maximum absolute atomic E-state index is 13.2. The van der Waals surface area contributed by atoms with Crippen LogP contribution in [0.25, 0.3) is 22.3 Å². The van der Waals surface area contributed by atoms with Crippen molar-refractivity contribution < 1.29 is 23.4 Å². The van der Waals surface area contributed by atoms with Gasteiger partial charge in [-0.1, -0.05) is 42.5 Å². The minimum atomic E-state index is -4.50. The number of aryl methyl sites for hydroxylation is 2. The molecule has 2 N–H and O–H groups in total. The van der Waals surface area contributed by atoms with Crippen molar-refractivity contribution in [1.29, 1.82) is 0 Å². The molecule has 1 amide bonds. The molecule has 0 saturated carbocycles. The first kappa shape index (κ1) is 28.8. The lowest BCUT2D eigenvalue weighted by Gasteiger charge is -2.25. The van der Waals surface area contributed by atoms with E-state index in [0.717, 1.165) is 11.3 Å². The molecule has 0 spiro atoms. The number of unbranched alkanes of at least 4 members (excludes halogenated alkanes) is 1. The molecule has 0 aliphatic heterocycles. The molecule has 1 atom stereocenters. The van der Waals surface area contributed by atoms with E-state index < -0.39 is 24.4 Å². The van der Waals surface area contributed by atoms with Gasteiger partial charge in [0.25, 0.3) is 5.56 Å². The van der Waals surface area contributed by atoms with Crippen molar-refractivity contribution in [3.05, 3.63) is 59.2 Å². The normalized spacial score (nSPS) is 12.3. The van der Waals surface area contributed by atoms with Crippen LogP contribution in [-0.4, -0.2) is 54.9 Å². The number of carbonyl (C=O) groups is 1. The van der Waals surface area contributed by atoms with Gasteiger partial charge in [0.05, 0.1) is 17.9 Å². The molecule has 0 unspecified atom stereocenters. The molecule has 0 aliphatic rings. The smallest absolute Gasteiger partial charge is 0.395 e. The van der Waals surface area contributed by atoms with Gasteiger partial charge in [-0.2, -0.15) is 18.3 Å². The predicted molar refractivity (Wildman–Crippen MR) is 132 cm³/mol. The molecule has 0 aliphatic carbocycles. The molecule has 11 heteroatoms. The Morgan fingerprint density at radius 2 is 1.83 bits per heavy atom. The van der Waals surface area contributed by atoms with Crippen LogP contribution in [0, 0.1) is 5.92 Å². The van der Waals surface area contributed by atoms with Crippen molar-refractivity contribution >= 4 is 16.9 Å². The maximum Gasteiger partial charge on any atom is 0.395 e. The van der Waals surface area contributed by atoms with Gasteiger partial charge in [-0.15, -0.1) is 0 Å². The Hall–Kier alpha value is -3.47. The zero-order valence-corrected chi connectivity index (χ0v) is 20.7. The topological polar surface area (TPSA) is 105 Å². The molecule has 1 aromatic carbocycles. The van der Waals surface area contributed by atoms with Gasteiger partial charge in [0.1, 0.15) is 5.52 Å². The second-order valence-corrected chi connectivity index (χ2v) is 8.60. The molecule has 8 nitrogen and oxygen atoms in total. The summed E-state index contributed by atoms with van der Waals surface area (Å²) in [5.41, 5.74) is 2.14. The van der Waals surface area contributed by atoms with Crippen LogP contribution in [0.4, 0.5) is 13.2 Å². The van der Waals surface area contributed by atoms with Crippen LogP contribution in [0.15, 0.2) is 53.6 Å². The Kier molecular flexibility index (Phi) is 9.57. The molecule has 3 rings (SSSR count). The summed E-state index contributed by atoms with van der Waals surface area (Å²) in [6.07, 6.45) is -2.57. The summed E-state index contributed by atoms with van der Waals surface area (Å²) in [6, 6.07) is 9.57. The van der Waals surface area contributed by atoms with E-state index in [1.54, 1.807) is 18.7 Å². The zero-order valence-electron chi connectivity index (χ0n) is 20.7. The van der Waals surface area contributed by atoms with Gasteiger partial charge in [0.2, 0.25) is 5.91 Å². The third kappa shape index (κ3) is 6.39. The quantitative estimate of drug-likeness (QED) is 0.308. The summed E-state index contributed by atoms with van der Waals surface area (Å²) < 4.78 is 42.7. The van der Waals surface area contributed by atoms with Crippen molar-refractivity contribution in [2.45, 2.75) is 45.8 Å². The Bertz CT molecular complexity index is 1250. The number of allylic oxidation sites excluding steroid dienone is 1. The summed E-state index contributed by atoms with van der Waals surface area (Å²) in [4.78, 5) is 31.3. The van der Waals surface area contributed by atoms with Crippen LogP contribution in [0.2, 0.25) is 0 Å². The van der Waals surface area contributed by atoms with Gasteiger partial charge in [0.15, 0.2) is 5.52 Å². The van der Waals surface area contributed by atoms with Gasteiger partial charge in [0, 0.05) is 38.7 Å². The summed E-state index contributed by atoms with van der Waals surface area (Å²) in [7, 11) is 1.77. The monoisotopic (exact) mass is 507 g/mol. The van der Waals surface area contributed by atoms with E-state index in [1.807, 2.05) is 30.3 Å². The lowest BCUT2D eigenvalue weighted by Crippen LogP contribution is -2.36. The fourth-order valence-corrected chi connectivity index (χ4v) is 4.09. The number of fused-ring (bicyclic) bond motifs is 1. The number of hydrogen-bond acceptors (Lipinski definition) is 4. The number of amides is 1. The predicted octanol–water partition coefficient (Wildman–Crippen LogP) is 3.75. The number of hydrogen-bond donors (Lipinski definition) is 0. The number of rotatable bonds is 10. The molecule has 36 heavy (non-hydrogen) atoms. The minimum Gasteiger partial charge on any atom is -0.412 e. The fraction of sp³-hybridized carbons (Fsp3) is 0.440. The van der Waals surface area contributed by atoms with E-state index in [0.29, 0.717) is 38.0 Å². The number of aromatic nitrogens is 4. The Morgan fingerprint density at radius 1 is 1.17 bits per heavy atom. The van der Waals surface area contributed by atoms with Crippen molar-refractivity contribution in [2.24, 2.45) is 13.0 Å². The first-order valence-corrected chi connectivity index (χ1v) is 11.5. The molecule has 3 aromatic rings. The average Bonchev–Trinajstić information content (AvgIpc) is 3.15. The molecule has 0 bridgehead atoms. The second-order valence-electron chi connectivity index (χ2n) is 8.60. The fourth-order valence-electron chi connectivity index (χ4n) is 4.09. The number of nitrogens with zero attached hydrogens (tertiary/aromatic N) is 5. The Morgan fingerprint density at radius 3 is 2.42 bits per heavy atom.